The van der Waals surface area contributed by atoms with Gasteiger partial charge in [-0.1, -0.05) is 17.7 Å². The molecule has 2 rings (SSSR count). The number of carboxylic acid groups (broad SMARTS) is 1. The highest BCUT2D eigenvalue weighted by molar-refractivity contribution is 6.30. The average Bonchev–Trinajstić information content (AvgIpc) is 2.69. The van der Waals surface area contributed by atoms with Crippen LogP contribution in [-0.4, -0.2) is 31.3 Å². The highest BCUT2D eigenvalue weighted by Crippen LogP contribution is 2.24. The standard InChI is InChI=1S/C10H9ClN4O2/c1-6-2-3-7(11)4-8(6)10-12-13-14-15(10)5-9(16)17/h2-4H,5H2,1H3,(H,16,17). The summed E-state index contributed by atoms with van der Waals surface area (Å²) in [5.74, 6) is -0.606. The van der Waals surface area contributed by atoms with Gasteiger partial charge in [-0.2, -0.15) is 0 Å². The number of aliphatic carboxylic acids is 1. The third kappa shape index (κ3) is 2.42. The zero-order valence-electron chi connectivity index (χ0n) is 8.96. The van der Waals surface area contributed by atoms with E-state index in [1.807, 2.05) is 13.0 Å². The fraction of sp³-hybridized carbons (Fsp3) is 0.200. The number of hydrogen-bond acceptors (Lipinski definition) is 4. The third-order valence-corrected chi connectivity index (χ3v) is 2.49. The van der Waals surface area contributed by atoms with Crippen molar-refractivity contribution in [3.8, 4) is 11.4 Å². The molecular formula is C10H9ClN4O2. The number of halogens is 1. The van der Waals surface area contributed by atoms with E-state index in [4.69, 9.17) is 16.7 Å². The van der Waals surface area contributed by atoms with Crippen molar-refractivity contribution in [1.29, 1.82) is 0 Å². The molecule has 7 heteroatoms. The van der Waals surface area contributed by atoms with E-state index in [1.165, 1.54) is 4.68 Å². The van der Waals surface area contributed by atoms with Crippen LogP contribution in [0.5, 0.6) is 0 Å². The second-order valence-electron chi connectivity index (χ2n) is 3.51. The van der Waals surface area contributed by atoms with Gasteiger partial charge in [-0.25, -0.2) is 4.68 Å². The van der Waals surface area contributed by atoms with Crippen LogP contribution >= 0.6 is 11.6 Å². The van der Waals surface area contributed by atoms with E-state index >= 15 is 0 Å². The van der Waals surface area contributed by atoms with Gasteiger partial charge in [-0.3, -0.25) is 4.79 Å². The largest absolute Gasteiger partial charge is 0.480 e. The van der Waals surface area contributed by atoms with Crippen molar-refractivity contribution >= 4 is 17.6 Å². The minimum Gasteiger partial charge on any atom is -0.480 e. The highest BCUT2D eigenvalue weighted by Gasteiger charge is 2.13. The molecule has 1 heterocycles. The van der Waals surface area contributed by atoms with E-state index in [1.54, 1.807) is 12.1 Å². The quantitative estimate of drug-likeness (QED) is 0.893. The summed E-state index contributed by atoms with van der Waals surface area (Å²) in [7, 11) is 0. The number of tetrazole rings is 1. The lowest BCUT2D eigenvalue weighted by Crippen LogP contribution is -2.12. The molecule has 0 unspecified atom stereocenters. The Morgan fingerprint density at radius 3 is 3.00 bits per heavy atom. The molecule has 0 saturated carbocycles. The second kappa shape index (κ2) is 4.50. The highest BCUT2D eigenvalue weighted by atomic mass is 35.5. The Morgan fingerprint density at radius 1 is 1.53 bits per heavy atom. The van der Waals surface area contributed by atoms with E-state index in [-0.39, 0.29) is 6.54 Å². The van der Waals surface area contributed by atoms with Gasteiger partial charge in [-0.15, -0.1) is 5.10 Å². The zero-order valence-corrected chi connectivity index (χ0v) is 9.72. The fourth-order valence-corrected chi connectivity index (χ4v) is 1.64. The molecule has 0 spiro atoms. The minimum atomic E-state index is -1.00. The number of carbonyl (C=O) groups is 1. The van der Waals surface area contributed by atoms with Crippen LogP contribution in [-0.2, 0) is 11.3 Å². The number of aryl methyl sites for hydroxylation is 1. The predicted octanol–water partition coefficient (Wildman–Crippen LogP) is 1.39. The number of benzene rings is 1. The maximum absolute atomic E-state index is 10.7. The van der Waals surface area contributed by atoms with Crippen LogP contribution in [0.15, 0.2) is 18.2 Å². The fourth-order valence-electron chi connectivity index (χ4n) is 1.47. The molecule has 0 amide bonds. The molecule has 1 aromatic heterocycles. The Bertz CT molecular complexity index is 567. The number of rotatable bonds is 3. The summed E-state index contributed by atoms with van der Waals surface area (Å²) < 4.78 is 1.22. The molecule has 1 N–H and O–H groups in total. The van der Waals surface area contributed by atoms with Crippen molar-refractivity contribution in [3.05, 3.63) is 28.8 Å². The monoisotopic (exact) mass is 252 g/mol. The average molecular weight is 253 g/mol. The molecule has 0 atom stereocenters. The Morgan fingerprint density at radius 2 is 2.29 bits per heavy atom. The molecule has 0 aliphatic carbocycles. The van der Waals surface area contributed by atoms with Gasteiger partial charge in [0, 0.05) is 10.6 Å². The van der Waals surface area contributed by atoms with Crippen LogP contribution in [0.25, 0.3) is 11.4 Å². The summed E-state index contributed by atoms with van der Waals surface area (Å²) in [6.07, 6.45) is 0. The Hall–Kier alpha value is -1.95. The summed E-state index contributed by atoms with van der Waals surface area (Å²) in [4.78, 5) is 10.7. The van der Waals surface area contributed by atoms with Crippen molar-refractivity contribution in [2.45, 2.75) is 13.5 Å². The van der Waals surface area contributed by atoms with Crippen LogP contribution in [0.4, 0.5) is 0 Å². The van der Waals surface area contributed by atoms with E-state index in [2.05, 4.69) is 15.5 Å². The summed E-state index contributed by atoms with van der Waals surface area (Å²) >= 11 is 5.90. The molecule has 0 fully saturated rings. The third-order valence-electron chi connectivity index (χ3n) is 2.26. The van der Waals surface area contributed by atoms with E-state index in [9.17, 15) is 4.79 Å². The second-order valence-corrected chi connectivity index (χ2v) is 3.95. The summed E-state index contributed by atoms with van der Waals surface area (Å²) in [6.45, 7) is 1.60. The first-order valence-electron chi connectivity index (χ1n) is 4.82. The Labute approximate surface area is 102 Å². The number of aromatic nitrogens is 4. The first-order chi connectivity index (χ1) is 8.08. The molecule has 2 aromatic rings. The maximum Gasteiger partial charge on any atom is 0.325 e. The number of carboxylic acids is 1. The molecule has 0 radical (unpaired) electrons. The summed E-state index contributed by atoms with van der Waals surface area (Å²) in [5, 5.41) is 20.2. The topological polar surface area (TPSA) is 80.9 Å². The Kier molecular flexibility index (Phi) is 3.06. The molecule has 1 aromatic carbocycles. The Balaban J connectivity index is 2.49. The van der Waals surface area contributed by atoms with Crippen LogP contribution in [0.1, 0.15) is 5.56 Å². The number of hydrogen-bond donors (Lipinski definition) is 1. The lowest BCUT2D eigenvalue weighted by Gasteiger charge is -2.05. The lowest BCUT2D eigenvalue weighted by atomic mass is 10.1. The summed E-state index contributed by atoms with van der Waals surface area (Å²) in [5.41, 5.74) is 1.65. The van der Waals surface area contributed by atoms with Gasteiger partial charge in [0.05, 0.1) is 0 Å². The first kappa shape index (κ1) is 11.5. The van der Waals surface area contributed by atoms with Crippen molar-refractivity contribution in [2.24, 2.45) is 0 Å². The zero-order chi connectivity index (χ0) is 12.4. The normalized spacial score (nSPS) is 10.5. The van der Waals surface area contributed by atoms with Gasteiger partial charge < -0.3 is 5.11 Å². The molecule has 0 aliphatic rings. The van der Waals surface area contributed by atoms with E-state index in [0.29, 0.717) is 10.8 Å². The van der Waals surface area contributed by atoms with E-state index in [0.717, 1.165) is 11.1 Å². The van der Waals surface area contributed by atoms with E-state index < -0.39 is 5.97 Å². The van der Waals surface area contributed by atoms with Crippen molar-refractivity contribution in [3.63, 3.8) is 0 Å². The first-order valence-corrected chi connectivity index (χ1v) is 5.20. The van der Waals surface area contributed by atoms with Gasteiger partial charge in [0.2, 0.25) is 0 Å². The molecule has 6 nitrogen and oxygen atoms in total. The lowest BCUT2D eigenvalue weighted by molar-refractivity contribution is -0.137. The van der Waals surface area contributed by atoms with Gasteiger partial charge in [0.15, 0.2) is 5.82 Å². The summed E-state index contributed by atoms with van der Waals surface area (Å²) in [6, 6.07) is 5.30. The van der Waals surface area contributed by atoms with Crippen molar-refractivity contribution < 1.29 is 9.90 Å². The van der Waals surface area contributed by atoms with Gasteiger partial charge >= 0.3 is 5.97 Å². The predicted molar refractivity (Wildman–Crippen MR) is 60.6 cm³/mol. The van der Waals surface area contributed by atoms with Crippen molar-refractivity contribution in [2.75, 3.05) is 0 Å². The van der Waals surface area contributed by atoms with Gasteiger partial charge in [0.25, 0.3) is 0 Å². The maximum atomic E-state index is 10.7. The van der Waals surface area contributed by atoms with Crippen LogP contribution in [0.2, 0.25) is 5.02 Å². The SMILES string of the molecule is Cc1ccc(Cl)cc1-c1nnnn1CC(=O)O. The number of nitrogens with zero attached hydrogens (tertiary/aromatic N) is 4. The molecule has 17 heavy (non-hydrogen) atoms. The molecule has 0 saturated heterocycles. The van der Waals surface area contributed by atoms with Gasteiger partial charge in [-0.05, 0) is 35.0 Å². The smallest absolute Gasteiger partial charge is 0.325 e. The van der Waals surface area contributed by atoms with Crippen molar-refractivity contribution in [1.82, 2.24) is 20.2 Å². The van der Waals surface area contributed by atoms with Crippen LogP contribution in [0.3, 0.4) is 0 Å². The molecular weight excluding hydrogens is 244 g/mol. The van der Waals surface area contributed by atoms with Gasteiger partial charge in [0.1, 0.15) is 6.54 Å². The van der Waals surface area contributed by atoms with Crippen LogP contribution < -0.4 is 0 Å². The molecule has 0 aliphatic heterocycles. The minimum absolute atomic E-state index is 0.283. The molecule has 88 valence electrons. The molecule has 0 bridgehead atoms. The van der Waals surface area contributed by atoms with Crippen LogP contribution in [0, 0.1) is 6.92 Å².